The molecule has 7 nitrogen and oxygen atoms in total. The van der Waals surface area contributed by atoms with Crippen LogP contribution in [-0.2, 0) is 4.79 Å². The minimum Gasteiger partial charge on any atom is -0.493 e. The molecular weight excluding hydrogens is 406 g/mol. The number of hydrogen-bond acceptors (Lipinski definition) is 5. The molecule has 1 fully saturated rings. The lowest BCUT2D eigenvalue weighted by Crippen LogP contribution is -2.30. The second-order valence-electron chi connectivity index (χ2n) is 7.05. The molecular formula is C22H28ClN3O4. The molecule has 0 bridgehead atoms. The summed E-state index contributed by atoms with van der Waals surface area (Å²) in [4.78, 5) is 26.3. The Morgan fingerprint density at radius 3 is 2.50 bits per heavy atom. The Morgan fingerprint density at radius 1 is 1.13 bits per heavy atom. The van der Waals surface area contributed by atoms with Crippen LogP contribution in [0.15, 0.2) is 48.5 Å². The Morgan fingerprint density at radius 2 is 1.87 bits per heavy atom. The van der Waals surface area contributed by atoms with Crippen LogP contribution in [-0.4, -0.2) is 57.1 Å². The Hall–Kier alpha value is -2.77. The van der Waals surface area contributed by atoms with Gasteiger partial charge in [0.15, 0.2) is 18.1 Å². The lowest BCUT2D eigenvalue weighted by molar-refractivity contribution is -0.122. The topological polar surface area (TPSA) is 93.9 Å². The predicted molar refractivity (Wildman–Crippen MR) is 117 cm³/mol. The van der Waals surface area contributed by atoms with Crippen molar-refractivity contribution in [2.45, 2.75) is 5.92 Å². The molecule has 2 aromatic rings. The van der Waals surface area contributed by atoms with Crippen molar-refractivity contribution < 1.29 is 19.1 Å². The van der Waals surface area contributed by atoms with Gasteiger partial charge >= 0.3 is 0 Å². The number of carbonyl (C=O) groups is 2. The minimum absolute atomic E-state index is 0. The van der Waals surface area contributed by atoms with Crippen molar-refractivity contribution in [2.24, 2.45) is 11.7 Å². The summed E-state index contributed by atoms with van der Waals surface area (Å²) in [5.74, 6) is 0.952. The maximum absolute atomic E-state index is 13.1. The van der Waals surface area contributed by atoms with E-state index >= 15 is 0 Å². The first kappa shape index (κ1) is 23.5. The molecule has 0 aromatic heterocycles. The molecule has 8 heteroatoms. The highest BCUT2D eigenvalue weighted by Crippen LogP contribution is 2.34. The molecule has 1 aliphatic rings. The Kier molecular flexibility index (Phi) is 8.50. The average molecular weight is 434 g/mol. The van der Waals surface area contributed by atoms with E-state index in [0.717, 1.165) is 0 Å². The summed E-state index contributed by atoms with van der Waals surface area (Å²) in [5.41, 5.74) is 7.71. The average Bonchev–Trinajstić information content (AvgIpc) is 3.21. The van der Waals surface area contributed by atoms with Gasteiger partial charge in [0.2, 0.25) is 0 Å². The van der Waals surface area contributed by atoms with E-state index in [4.69, 9.17) is 15.2 Å². The number of rotatable bonds is 7. The summed E-state index contributed by atoms with van der Waals surface area (Å²) < 4.78 is 10.8. The maximum Gasteiger partial charge on any atom is 0.257 e. The molecule has 0 saturated carbocycles. The molecule has 162 valence electrons. The van der Waals surface area contributed by atoms with Crippen molar-refractivity contribution in [3.63, 3.8) is 0 Å². The van der Waals surface area contributed by atoms with E-state index in [-0.39, 0.29) is 42.7 Å². The van der Waals surface area contributed by atoms with E-state index in [1.165, 1.54) is 19.7 Å². The van der Waals surface area contributed by atoms with Crippen LogP contribution in [0, 0.1) is 5.92 Å². The van der Waals surface area contributed by atoms with Gasteiger partial charge in [-0.3, -0.25) is 9.59 Å². The number of hydrogen-bond donors (Lipinski definition) is 2. The summed E-state index contributed by atoms with van der Waals surface area (Å²) in [5, 5.41) is 2.49. The second kappa shape index (κ2) is 10.8. The monoisotopic (exact) mass is 433 g/mol. The van der Waals surface area contributed by atoms with Gasteiger partial charge in [-0.1, -0.05) is 30.3 Å². The molecule has 1 heterocycles. The highest BCUT2D eigenvalue weighted by atomic mass is 35.5. The van der Waals surface area contributed by atoms with Gasteiger partial charge in [-0.25, -0.2) is 0 Å². The van der Waals surface area contributed by atoms with E-state index in [1.807, 2.05) is 23.1 Å². The summed E-state index contributed by atoms with van der Waals surface area (Å²) in [6.45, 7) is 1.65. The number of halogens is 1. The molecule has 0 unspecified atom stereocenters. The third-order valence-corrected chi connectivity index (χ3v) is 5.31. The SMILES string of the molecule is CNC(=O)COc1ccc(C(=O)N2C[C@@H](CN)[C@H](c3ccccc3)C2)cc1OC.Cl. The summed E-state index contributed by atoms with van der Waals surface area (Å²) >= 11 is 0. The number of likely N-dealkylation sites (tertiary alicyclic amines) is 1. The highest BCUT2D eigenvalue weighted by molar-refractivity contribution is 5.95. The largest absolute Gasteiger partial charge is 0.493 e. The first-order valence-electron chi connectivity index (χ1n) is 9.63. The highest BCUT2D eigenvalue weighted by Gasteiger charge is 2.35. The fraction of sp³-hybridized carbons (Fsp3) is 0.364. The molecule has 2 amide bonds. The third kappa shape index (κ3) is 5.23. The number of nitrogens with zero attached hydrogens (tertiary/aromatic N) is 1. The molecule has 2 aromatic carbocycles. The van der Waals surface area contributed by atoms with Crippen molar-refractivity contribution >= 4 is 24.2 Å². The van der Waals surface area contributed by atoms with Crippen LogP contribution in [0.4, 0.5) is 0 Å². The standard InChI is InChI=1S/C22H27N3O4.ClH/c1-24-21(26)14-29-19-9-8-16(10-20(19)28-2)22(27)25-12-17(11-23)18(13-25)15-6-4-3-5-7-15;/h3-10,17-18H,11-14,23H2,1-2H3,(H,24,26);1H/t17-,18+;/m1./s1. The molecule has 30 heavy (non-hydrogen) atoms. The molecule has 3 rings (SSSR count). The summed E-state index contributed by atoms with van der Waals surface area (Å²) in [6, 6.07) is 15.2. The van der Waals surface area contributed by atoms with Crippen LogP contribution >= 0.6 is 12.4 Å². The molecule has 0 spiro atoms. The van der Waals surface area contributed by atoms with Gasteiger partial charge in [-0.05, 0) is 36.2 Å². The molecule has 0 aliphatic carbocycles. The number of likely N-dealkylation sites (N-methyl/N-ethyl adjacent to an activating group) is 1. The summed E-state index contributed by atoms with van der Waals surface area (Å²) in [7, 11) is 3.04. The van der Waals surface area contributed by atoms with Gasteiger partial charge in [0.05, 0.1) is 7.11 Å². The van der Waals surface area contributed by atoms with E-state index in [1.54, 1.807) is 18.2 Å². The Balaban J connectivity index is 0.00000320. The van der Waals surface area contributed by atoms with Gasteiger partial charge in [0, 0.05) is 31.6 Å². The van der Waals surface area contributed by atoms with Crippen LogP contribution in [0.3, 0.4) is 0 Å². The van der Waals surface area contributed by atoms with Crippen LogP contribution in [0.2, 0.25) is 0 Å². The van der Waals surface area contributed by atoms with Crippen molar-refractivity contribution in [2.75, 3.05) is 40.4 Å². The molecule has 3 N–H and O–H groups in total. The lowest BCUT2D eigenvalue weighted by atomic mass is 9.89. The summed E-state index contributed by atoms with van der Waals surface area (Å²) in [6.07, 6.45) is 0. The number of amides is 2. The third-order valence-electron chi connectivity index (χ3n) is 5.31. The van der Waals surface area contributed by atoms with Crippen molar-refractivity contribution in [3.05, 3.63) is 59.7 Å². The van der Waals surface area contributed by atoms with Gasteiger partial charge in [0.1, 0.15) is 0 Å². The van der Waals surface area contributed by atoms with Gasteiger partial charge in [-0.15, -0.1) is 12.4 Å². The quantitative estimate of drug-likeness (QED) is 0.697. The van der Waals surface area contributed by atoms with Crippen molar-refractivity contribution in [1.29, 1.82) is 0 Å². The molecule has 2 atom stereocenters. The number of nitrogens with one attached hydrogen (secondary N) is 1. The predicted octanol–water partition coefficient (Wildman–Crippen LogP) is 2.06. The van der Waals surface area contributed by atoms with E-state index < -0.39 is 0 Å². The number of methoxy groups -OCH3 is 1. The van der Waals surface area contributed by atoms with Gasteiger partial charge in [-0.2, -0.15) is 0 Å². The van der Waals surface area contributed by atoms with E-state index in [0.29, 0.717) is 36.7 Å². The number of nitrogens with two attached hydrogens (primary N) is 1. The molecule has 1 saturated heterocycles. The van der Waals surface area contributed by atoms with Crippen LogP contribution in [0.25, 0.3) is 0 Å². The second-order valence-corrected chi connectivity index (χ2v) is 7.05. The Labute approximate surface area is 182 Å². The smallest absolute Gasteiger partial charge is 0.257 e. The fourth-order valence-corrected chi connectivity index (χ4v) is 3.67. The first-order chi connectivity index (χ1) is 14.1. The number of ether oxygens (including phenoxy) is 2. The number of benzene rings is 2. The van der Waals surface area contributed by atoms with E-state index in [2.05, 4.69) is 17.4 Å². The fourth-order valence-electron chi connectivity index (χ4n) is 3.67. The molecule has 0 radical (unpaired) electrons. The van der Waals surface area contributed by atoms with Crippen molar-refractivity contribution in [1.82, 2.24) is 10.2 Å². The van der Waals surface area contributed by atoms with Gasteiger partial charge < -0.3 is 25.4 Å². The van der Waals surface area contributed by atoms with E-state index in [9.17, 15) is 9.59 Å². The zero-order chi connectivity index (χ0) is 20.8. The van der Waals surface area contributed by atoms with Crippen LogP contribution < -0.4 is 20.5 Å². The van der Waals surface area contributed by atoms with Crippen LogP contribution in [0.1, 0.15) is 21.8 Å². The zero-order valence-corrected chi connectivity index (χ0v) is 18.0. The lowest BCUT2D eigenvalue weighted by Gasteiger charge is -2.18. The minimum atomic E-state index is -0.246. The maximum atomic E-state index is 13.1. The zero-order valence-electron chi connectivity index (χ0n) is 17.2. The number of carbonyl (C=O) groups excluding carboxylic acids is 2. The van der Waals surface area contributed by atoms with Crippen molar-refractivity contribution in [3.8, 4) is 11.5 Å². The normalized spacial score (nSPS) is 17.8. The first-order valence-corrected chi connectivity index (χ1v) is 9.63. The Bertz CT molecular complexity index is 863. The van der Waals surface area contributed by atoms with Crippen LogP contribution in [0.5, 0.6) is 11.5 Å². The van der Waals surface area contributed by atoms with Gasteiger partial charge in [0.25, 0.3) is 11.8 Å². The molecule has 1 aliphatic heterocycles.